The molecule has 0 saturated carbocycles. The Hall–Kier alpha value is -3.54. The second kappa shape index (κ2) is 4.99. The van der Waals surface area contributed by atoms with Crippen molar-refractivity contribution in [1.82, 2.24) is 9.97 Å². The topological polar surface area (TPSA) is 106 Å². The second-order valence-electron chi connectivity index (χ2n) is 5.51. The van der Waals surface area contributed by atoms with E-state index in [-0.39, 0.29) is 22.7 Å². The highest BCUT2D eigenvalue weighted by Gasteiger charge is 2.17. The van der Waals surface area contributed by atoms with Crippen molar-refractivity contribution in [3.8, 4) is 39.8 Å². The molecule has 0 fully saturated rings. The first kappa shape index (κ1) is 14.1. The predicted molar refractivity (Wildman–Crippen MR) is 89.4 cm³/mol. The minimum absolute atomic E-state index is 0.0701. The van der Waals surface area contributed by atoms with Crippen molar-refractivity contribution in [2.24, 2.45) is 0 Å². The highest BCUT2D eigenvalue weighted by molar-refractivity contribution is 5.88. The molecule has 118 valence electrons. The van der Waals surface area contributed by atoms with E-state index in [9.17, 15) is 20.1 Å². The summed E-state index contributed by atoms with van der Waals surface area (Å²) in [5.41, 5.74) is 2.81. The van der Waals surface area contributed by atoms with Gasteiger partial charge in [0.05, 0.1) is 22.4 Å². The van der Waals surface area contributed by atoms with Gasteiger partial charge in [-0.25, -0.2) is 4.98 Å². The lowest BCUT2D eigenvalue weighted by molar-refractivity contribution is 0.452. The van der Waals surface area contributed by atoms with E-state index in [0.717, 1.165) is 0 Å². The van der Waals surface area contributed by atoms with Crippen LogP contribution < -0.4 is 5.43 Å². The standard InChI is InChI=1S/C18H12N2O4/c21-9-2-4-14-15(6-9)19-16-7-11(23)5-13(18(16)20-14)12-3-1-10(22)8-17(12)24/h1-8,19,21-22,24H. The first-order valence-electron chi connectivity index (χ1n) is 7.20. The van der Waals surface area contributed by atoms with E-state index in [1.165, 1.54) is 42.5 Å². The van der Waals surface area contributed by atoms with Gasteiger partial charge in [-0.05, 0) is 30.3 Å². The minimum Gasteiger partial charge on any atom is -0.508 e. The molecule has 0 amide bonds. The van der Waals surface area contributed by atoms with Crippen LogP contribution in [0.3, 0.4) is 0 Å². The zero-order valence-corrected chi connectivity index (χ0v) is 12.3. The Bertz CT molecular complexity index is 1120. The van der Waals surface area contributed by atoms with Crippen LogP contribution in [0, 0.1) is 0 Å². The SMILES string of the molecule is O=c1cc2[nH]c3cc(O)ccc3nc-2c(-c2ccc(O)cc2O)c1. The van der Waals surface area contributed by atoms with Crippen LogP contribution in [-0.2, 0) is 0 Å². The Labute approximate surface area is 135 Å². The smallest absolute Gasteiger partial charge is 0.181 e. The summed E-state index contributed by atoms with van der Waals surface area (Å²) in [5, 5.41) is 29.1. The number of phenolic OH excluding ortho intramolecular Hbond substituents is 3. The highest BCUT2D eigenvalue weighted by atomic mass is 16.3. The molecule has 6 heteroatoms. The molecule has 0 radical (unpaired) electrons. The number of benzene rings is 3. The number of H-pyrrole nitrogens is 1. The Morgan fingerprint density at radius 1 is 0.833 bits per heavy atom. The van der Waals surface area contributed by atoms with Crippen LogP contribution in [-0.4, -0.2) is 25.3 Å². The fourth-order valence-electron chi connectivity index (χ4n) is 2.76. The maximum atomic E-state index is 12.0. The van der Waals surface area contributed by atoms with Crippen molar-refractivity contribution in [2.45, 2.75) is 0 Å². The van der Waals surface area contributed by atoms with Gasteiger partial charge in [-0.1, -0.05) is 0 Å². The van der Waals surface area contributed by atoms with Crippen LogP contribution in [0.2, 0.25) is 0 Å². The molecule has 4 rings (SSSR count). The van der Waals surface area contributed by atoms with Gasteiger partial charge in [0, 0.05) is 29.3 Å². The molecule has 1 aliphatic carbocycles. The average Bonchev–Trinajstić information content (AvgIpc) is 2.52. The lowest BCUT2D eigenvalue weighted by Gasteiger charge is -2.13. The highest BCUT2D eigenvalue weighted by Crippen LogP contribution is 2.37. The number of nitrogens with one attached hydrogen (secondary N) is 1. The van der Waals surface area contributed by atoms with Crippen molar-refractivity contribution in [1.29, 1.82) is 0 Å². The van der Waals surface area contributed by atoms with Crippen molar-refractivity contribution in [2.75, 3.05) is 0 Å². The maximum absolute atomic E-state index is 12.0. The molecule has 2 aromatic rings. The molecule has 6 nitrogen and oxygen atoms in total. The molecule has 2 aliphatic rings. The third-order valence-electron chi connectivity index (χ3n) is 3.84. The molecule has 24 heavy (non-hydrogen) atoms. The van der Waals surface area contributed by atoms with Crippen molar-refractivity contribution in [3.63, 3.8) is 0 Å². The van der Waals surface area contributed by atoms with Crippen LogP contribution in [0.25, 0.3) is 33.5 Å². The Kier molecular flexibility index (Phi) is 2.93. The lowest BCUT2D eigenvalue weighted by atomic mass is 9.98. The molecular formula is C18H12N2O4. The maximum Gasteiger partial charge on any atom is 0.181 e. The molecule has 2 aromatic carbocycles. The van der Waals surface area contributed by atoms with E-state index in [1.54, 1.807) is 6.07 Å². The number of hydrogen-bond acceptors (Lipinski definition) is 5. The third-order valence-corrected chi connectivity index (χ3v) is 3.84. The zero-order valence-electron chi connectivity index (χ0n) is 12.3. The summed E-state index contributed by atoms with van der Waals surface area (Å²) in [6.07, 6.45) is 0. The Morgan fingerprint density at radius 3 is 2.38 bits per heavy atom. The van der Waals surface area contributed by atoms with Crippen LogP contribution in [0.5, 0.6) is 17.2 Å². The van der Waals surface area contributed by atoms with E-state index in [2.05, 4.69) is 9.97 Å². The number of rotatable bonds is 1. The van der Waals surface area contributed by atoms with Crippen LogP contribution in [0.4, 0.5) is 0 Å². The average molecular weight is 320 g/mol. The molecule has 4 N–H and O–H groups in total. The monoisotopic (exact) mass is 320 g/mol. The molecule has 0 spiro atoms. The van der Waals surface area contributed by atoms with E-state index in [1.807, 2.05) is 0 Å². The van der Waals surface area contributed by atoms with Gasteiger partial charge in [0.15, 0.2) is 5.43 Å². The second-order valence-corrected chi connectivity index (χ2v) is 5.51. The fraction of sp³-hybridized carbons (Fsp3) is 0. The number of aromatic nitrogens is 2. The quantitative estimate of drug-likeness (QED) is 0.404. The summed E-state index contributed by atoms with van der Waals surface area (Å²) in [5.74, 6) is -0.122. The van der Waals surface area contributed by atoms with E-state index in [4.69, 9.17) is 0 Å². The summed E-state index contributed by atoms with van der Waals surface area (Å²) in [7, 11) is 0. The van der Waals surface area contributed by atoms with E-state index >= 15 is 0 Å². The predicted octanol–water partition coefficient (Wildman–Crippen LogP) is 2.81. The largest absolute Gasteiger partial charge is 0.508 e. The normalized spacial score (nSPS) is 11.2. The van der Waals surface area contributed by atoms with E-state index < -0.39 is 0 Å². The van der Waals surface area contributed by atoms with Gasteiger partial charge in [-0.15, -0.1) is 0 Å². The van der Waals surface area contributed by atoms with Gasteiger partial charge < -0.3 is 20.3 Å². The van der Waals surface area contributed by atoms with E-state index in [0.29, 0.717) is 33.5 Å². The molecular weight excluding hydrogens is 308 g/mol. The first-order chi connectivity index (χ1) is 11.5. The Balaban J connectivity index is 2.09. The van der Waals surface area contributed by atoms with Gasteiger partial charge in [-0.2, -0.15) is 0 Å². The summed E-state index contributed by atoms with van der Waals surface area (Å²) in [6, 6.07) is 11.7. The number of nitrogens with zero attached hydrogens (tertiary/aromatic N) is 1. The summed E-state index contributed by atoms with van der Waals surface area (Å²) in [4.78, 5) is 19.7. The zero-order chi connectivity index (χ0) is 16.8. The number of phenols is 3. The molecule has 0 unspecified atom stereocenters. The van der Waals surface area contributed by atoms with Gasteiger partial charge >= 0.3 is 0 Å². The van der Waals surface area contributed by atoms with Crippen molar-refractivity contribution >= 4 is 11.0 Å². The molecule has 0 aromatic heterocycles. The third kappa shape index (κ3) is 2.21. The van der Waals surface area contributed by atoms with Crippen LogP contribution >= 0.6 is 0 Å². The number of aromatic amines is 1. The minimum atomic E-state index is -0.248. The number of fused-ring (bicyclic) bond motifs is 2. The van der Waals surface area contributed by atoms with Gasteiger partial charge in [0.25, 0.3) is 0 Å². The van der Waals surface area contributed by atoms with Gasteiger partial charge in [-0.3, -0.25) is 4.79 Å². The Morgan fingerprint density at radius 2 is 1.58 bits per heavy atom. The van der Waals surface area contributed by atoms with Crippen LogP contribution in [0.1, 0.15) is 0 Å². The van der Waals surface area contributed by atoms with Crippen molar-refractivity contribution < 1.29 is 15.3 Å². The first-order valence-corrected chi connectivity index (χ1v) is 7.20. The molecule has 0 saturated heterocycles. The fourth-order valence-corrected chi connectivity index (χ4v) is 2.76. The molecule has 0 bridgehead atoms. The molecule has 0 atom stereocenters. The summed E-state index contributed by atoms with van der Waals surface area (Å²) in [6.45, 7) is 0. The summed E-state index contributed by atoms with van der Waals surface area (Å²) >= 11 is 0. The molecule has 1 heterocycles. The van der Waals surface area contributed by atoms with Crippen molar-refractivity contribution in [3.05, 3.63) is 58.8 Å². The molecule has 1 aliphatic heterocycles. The summed E-state index contributed by atoms with van der Waals surface area (Å²) < 4.78 is 0. The van der Waals surface area contributed by atoms with Crippen LogP contribution in [0.15, 0.2) is 53.3 Å². The number of hydrogen-bond donors (Lipinski definition) is 4. The lowest BCUT2D eigenvalue weighted by Crippen LogP contribution is -2.05. The van der Waals surface area contributed by atoms with Gasteiger partial charge in [0.2, 0.25) is 0 Å². The van der Waals surface area contributed by atoms with Gasteiger partial charge in [0.1, 0.15) is 17.2 Å². The number of aromatic hydroxyl groups is 3.